The van der Waals surface area contributed by atoms with Crippen molar-refractivity contribution in [2.24, 2.45) is 0 Å². The van der Waals surface area contributed by atoms with E-state index in [2.05, 4.69) is 5.32 Å². The van der Waals surface area contributed by atoms with E-state index >= 15 is 0 Å². The zero-order valence-electron chi connectivity index (χ0n) is 12.7. The first-order valence-electron chi connectivity index (χ1n) is 7.40. The van der Waals surface area contributed by atoms with Gasteiger partial charge in [0.2, 0.25) is 5.91 Å². The minimum absolute atomic E-state index is 0.120. The Morgan fingerprint density at radius 1 is 1.38 bits per heavy atom. The van der Waals surface area contributed by atoms with E-state index in [1.807, 2.05) is 30.3 Å². The van der Waals surface area contributed by atoms with Gasteiger partial charge in [0, 0.05) is 11.5 Å². The molecule has 2 heterocycles. The van der Waals surface area contributed by atoms with Crippen molar-refractivity contribution >= 4 is 58.0 Å². The highest BCUT2D eigenvalue weighted by Gasteiger charge is 2.34. The van der Waals surface area contributed by atoms with Crippen LogP contribution in [0.1, 0.15) is 5.56 Å². The summed E-state index contributed by atoms with van der Waals surface area (Å²) in [4.78, 5) is 26.4. The number of carbonyl (C=O) groups excluding carboxylic acids is 2. The van der Waals surface area contributed by atoms with E-state index in [1.165, 1.54) is 16.7 Å². The van der Waals surface area contributed by atoms with E-state index < -0.39 is 6.10 Å². The van der Waals surface area contributed by atoms with Crippen LogP contribution in [-0.2, 0) is 9.59 Å². The van der Waals surface area contributed by atoms with Crippen molar-refractivity contribution in [3.63, 3.8) is 0 Å². The summed E-state index contributed by atoms with van der Waals surface area (Å²) in [5.41, 5.74) is 0.911. The molecule has 8 heteroatoms. The first-order chi connectivity index (χ1) is 11.5. The van der Waals surface area contributed by atoms with Crippen LogP contribution in [0.2, 0.25) is 0 Å². The third kappa shape index (κ3) is 4.00. The molecule has 2 aliphatic rings. The molecule has 126 valence electrons. The van der Waals surface area contributed by atoms with E-state index in [0.29, 0.717) is 20.7 Å². The largest absolute Gasteiger partial charge is 0.390 e. The number of amides is 2. The van der Waals surface area contributed by atoms with Crippen LogP contribution in [0.5, 0.6) is 0 Å². The lowest BCUT2D eigenvalue weighted by Crippen LogP contribution is -2.47. The van der Waals surface area contributed by atoms with Crippen LogP contribution in [0.4, 0.5) is 0 Å². The fourth-order valence-corrected chi connectivity index (χ4v) is 4.84. The van der Waals surface area contributed by atoms with Gasteiger partial charge >= 0.3 is 0 Å². The number of rotatable bonds is 4. The highest BCUT2D eigenvalue weighted by atomic mass is 32.2. The zero-order valence-corrected chi connectivity index (χ0v) is 15.1. The van der Waals surface area contributed by atoms with Gasteiger partial charge in [0.25, 0.3) is 5.91 Å². The molecule has 0 unspecified atom stereocenters. The molecule has 1 aromatic rings. The predicted octanol–water partition coefficient (Wildman–Crippen LogP) is 1.48. The third-order valence-electron chi connectivity index (χ3n) is 3.67. The van der Waals surface area contributed by atoms with Crippen molar-refractivity contribution < 1.29 is 14.7 Å². The summed E-state index contributed by atoms with van der Waals surface area (Å²) in [6.07, 6.45) is 1.23. The Bertz CT molecular complexity index is 693. The van der Waals surface area contributed by atoms with Gasteiger partial charge in [0.1, 0.15) is 10.9 Å². The minimum atomic E-state index is -0.539. The average Bonchev–Trinajstić information content (AvgIpc) is 3.07. The maximum atomic E-state index is 12.5. The quantitative estimate of drug-likeness (QED) is 0.609. The van der Waals surface area contributed by atoms with Crippen LogP contribution in [-0.4, -0.2) is 56.3 Å². The molecule has 0 saturated carbocycles. The Balaban J connectivity index is 1.64. The Morgan fingerprint density at radius 2 is 2.12 bits per heavy atom. The highest BCUT2D eigenvalue weighted by molar-refractivity contribution is 8.26. The fourth-order valence-electron chi connectivity index (χ4n) is 2.41. The summed E-state index contributed by atoms with van der Waals surface area (Å²) in [7, 11) is 0. The second-order valence-corrected chi connectivity index (χ2v) is 8.21. The summed E-state index contributed by atoms with van der Waals surface area (Å²) in [6.45, 7) is -0.120. The lowest BCUT2D eigenvalue weighted by atomic mass is 10.2. The number of hydrogen-bond acceptors (Lipinski definition) is 6. The van der Waals surface area contributed by atoms with Crippen LogP contribution < -0.4 is 5.32 Å². The van der Waals surface area contributed by atoms with Crippen LogP contribution in [0.3, 0.4) is 0 Å². The summed E-state index contributed by atoms with van der Waals surface area (Å²) in [6, 6.07) is 9.23. The van der Waals surface area contributed by atoms with Gasteiger partial charge in [-0.3, -0.25) is 14.5 Å². The fraction of sp³-hybridized carbons (Fsp3) is 0.312. The number of hydrogen-bond donors (Lipinski definition) is 2. The number of thiocarbonyl (C=S) groups is 1. The predicted molar refractivity (Wildman–Crippen MR) is 102 cm³/mol. The van der Waals surface area contributed by atoms with Crippen LogP contribution in [0, 0.1) is 0 Å². The van der Waals surface area contributed by atoms with Crippen molar-refractivity contribution in [2.75, 3.05) is 18.1 Å². The van der Waals surface area contributed by atoms with Crippen LogP contribution in [0.15, 0.2) is 35.2 Å². The molecule has 2 aliphatic heterocycles. The highest BCUT2D eigenvalue weighted by Crippen LogP contribution is 2.32. The molecule has 24 heavy (non-hydrogen) atoms. The van der Waals surface area contributed by atoms with Gasteiger partial charge in [-0.05, 0) is 11.6 Å². The molecule has 0 radical (unpaired) electrons. The van der Waals surface area contributed by atoms with Crippen molar-refractivity contribution in [3.8, 4) is 0 Å². The van der Waals surface area contributed by atoms with Gasteiger partial charge < -0.3 is 10.4 Å². The van der Waals surface area contributed by atoms with Crippen LogP contribution >= 0.6 is 35.7 Å². The molecule has 2 N–H and O–H groups in total. The minimum Gasteiger partial charge on any atom is -0.390 e. The number of carbonyl (C=O) groups is 2. The van der Waals surface area contributed by atoms with E-state index in [4.69, 9.17) is 12.2 Å². The Morgan fingerprint density at radius 3 is 2.79 bits per heavy atom. The molecule has 0 aliphatic carbocycles. The van der Waals surface area contributed by atoms with Crippen LogP contribution in [0.25, 0.3) is 6.08 Å². The van der Waals surface area contributed by atoms with E-state index in [0.717, 1.165) is 5.56 Å². The van der Waals surface area contributed by atoms with Gasteiger partial charge in [-0.2, -0.15) is 11.8 Å². The zero-order chi connectivity index (χ0) is 17.1. The second kappa shape index (κ2) is 7.69. The summed E-state index contributed by atoms with van der Waals surface area (Å²) in [5, 5.41) is 12.5. The lowest BCUT2D eigenvalue weighted by Gasteiger charge is -2.18. The van der Waals surface area contributed by atoms with Gasteiger partial charge in [0.15, 0.2) is 0 Å². The summed E-state index contributed by atoms with van der Waals surface area (Å²) >= 11 is 8.02. The molecule has 5 nitrogen and oxygen atoms in total. The Labute approximate surface area is 153 Å². The first kappa shape index (κ1) is 17.5. The van der Waals surface area contributed by atoms with Gasteiger partial charge in [-0.1, -0.05) is 54.3 Å². The molecule has 0 aromatic heterocycles. The number of aliphatic hydroxyl groups excluding tert-OH is 1. The number of nitrogens with one attached hydrogen (secondary N) is 1. The first-order valence-corrected chi connectivity index (χ1v) is 9.78. The molecule has 0 spiro atoms. The van der Waals surface area contributed by atoms with E-state index in [-0.39, 0.29) is 24.4 Å². The Kier molecular flexibility index (Phi) is 5.60. The summed E-state index contributed by atoms with van der Waals surface area (Å²) in [5.74, 6) is 0.731. The number of nitrogens with zero attached hydrogens (tertiary/aromatic N) is 1. The molecular formula is C16H16N2O3S3. The molecule has 2 amide bonds. The maximum absolute atomic E-state index is 12.5. The monoisotopic (exact) mass is 380 g/mol. The number of thioether (sulfide) groups is 2. The van der Waals surface area contributed by atoms with Crippen molar-refractivity contribution in [1.29, 1.82) is 0 Å². The van der Waals surface area contributed by atoms with E-state index in [9.17, 15) is 14.7 Å². The van der Waals surface area contributed by atoms with Gasteiger partial charge in [-0.15, -0.1) is 0 Å². The normalized spacial score (nSPS) is 25.5. The van der Waals surface area contributed by atoms with E-state index in [1.54, 1.807) is 17.8 Å². The van der Waals surface area contributed by atoms with Gasteiger partial charge in [0.05, 0.1) is 17.1 Å². The third-order valence-corrected chi connectivity index (χ3v) is 6.22. The SMILES string of the molecule is O=C(CN1C(=O)/C(=C/c2ccccc2)SC1=S)N[C@H]1CSC[C@@H]1O. The van der Waals surface area contributed by atoms with Crippen molar-refractivity contribution in [1.82, 2.24) is 10.2 Å². The standard InChI is InChI=1S/C16H16N2O3S3/c19-12-9-23-8-11(12)17-14(20)7-18-15(21)13(24-16(18)22)6-10-4-2-1-3-5-10/h1-6,11-12,19H,7-9H2,(H,17,20)/b13-6-/t11-,12-/m0/s1. The summed E-state index contributed by atoms with van der Waals surface area (Å²) < 4.78 is 0.374. The van der Waals surface area contributed by atoms with Crippen molar-refractivity contribution in [3.05, 3.63) is 40.8 Å². The topological polar surface area (TPSA) is 69.6 Å². The molecule has 2 fully saturated rings. The number of aliphatic hydroxyl groups is 1. The smallest absolute Gasteiger partial charge is 0.266 e. The van der Waals surface area contributed by atoms with Gasteiger partial charge in [-0.25, -0.2) is 0 Å². The molecule has 1 aromatic carbocycles. The molecular weight excluding hydrogens is 364 g/mol. The number of benzene rings is 1. The van der Waals surface area contributed by atoms with Crippen molar-refractivity contribution in [2.45, 2.75) is 12.1 Å². The molecule has 2 saturated heterocycles. The Hall–Kier alpha value is -1.35. The maximum Gasteiger partial charge on any atom is 0.266 e. The second-order valence-electron chi connectivity index (χ2n) is 5.46. The molecule has 2 atom stereocenters. The molecule has 3 rings (SSSR count). The lowest BCUT2D eigenvalue weighted by molar-refractivity contribution is -0.129. The average molecular weight is 381 g/mol. The molecule has 0 bridgehead atoms.